The van der Waals surface area contributed by atoms with E-state index in [9.17, 15) is 4.79 Å². The number of hydrogen-bond donors (Lipinski definition) is 1. The minimum Gasteiger partial charge on any atom is -0.377 e. The highest BCUT2D eigenvalue weighted by Crippen LogP contribution is 2.27. The van der Waals surface area contributed by atoms with Gasteiger partial charge in [0.25, 0.3) is 5.56 Å². The third kappa shape index (κ3) is 5.39. The lowest BCUT2D eigenvalue weighted by Crippen LogP contribution is -2.37. The van der Waals surface area contributed by atoms with E-state index < -0.39 is 0 Å². The Hall–Kier alpha value is -3.36. The van der Waals surface area contributed by atoms with Crippen LogP contribution in [0.2, 0.25) is 0 Å². The van der Waals surface area contributed by atoms with E-state index in [1.807, 2.05) is 41.9 Å². The molecule has 2 aromatic heterocycles. The summed E-state index contributed by atoms with van der Waals surface area (Å²) in [5.74, 6) is 0.833. The van der Waals surface area contributed by atoms with Gasteiger partial charge in [-0.2, -0.15) is 0 Å². The molecule has 188 valence electrons. The Morgan fingerprint density at radius 1 is 1.19 bits per heavy atom. The smallest absolute Gasteiger partial charge is 0.252 e. The monoisotopic (exact) mass is 486 g/mol. The van der Waals surface area contributed by atoms with Gasteiger partial charge in [0, 0.05) is 31.8 Å². The average Bonchev–Trinajstić information content (AvgIpc) is 3.57. The molecule has 0 saturated carbocycles. The van der Waals surface area contributed by atoms with E-state index in [2.05, 4.69) is 56.6 Å². The van der Waals surface area contributed by atoms with Crippen molar-refractivity contribution < 1.29 is 4.74 Å². The zero-order valence-electron chi connectivity index (χ0n) is 21.1. The molecule has 4 aromatic rings. The Morgan fingerprint density at radius 3 is 2.83 bits per heavy atom. The van der Waals surface area contributed by atoms with Crippen LogP contribution < -0.4 is 5.56 Å². The van der Waals surface area contributed by atoms with Crippen molar-refractivity contribution in [1.82, 2.24) is 30.1 Å². The predicted molar refractivity (Wildman–Crippen MR) is 140 cm³/mol. The van der Waals surface area contributed by atoms with Gasteiger partial charge in [0.2, 0.25) is 0 Å². The second-order valence-corrected chi connectivity index (χ2v) is 9.65. The first-order valence-corrected chi connectivity index (χ1v) is 12.9. The van der Waals surface area contributed by atoms with E-state index in [1.165, 1.54) is 5.56 Å². The lowest BCUT2D eigenvalue weighted by Gasteiger charge is -2.32. The van der Waals surface area contributed by atoms with Crippen LogP contribution in [0.25, 0.3) is 10.9 Å². The van der Waals surface area contributed by atoms with Crippen LogP contribution in [0.4, 0.5) is 0 Å². The molecule has 1 aliphatic rings. The van der Waals surface area contributed by atoms with Gasteiger partial charge in [-0.05, 0) is 65.6 Å². The average molecular weight is 487 g/mol. The molecule has 8 heteroatoms. The fourth-order valence-corrected chi connectivity index (χ4v) is 5.21. The van der Waals surface area contributed by atoms with Crippen LogP contribution in [0.3, 0.4) is 0 Å². The van der Waals surface area contributed by atoms with Gasteiger partial charge in [-0.3, -0.25) is 9.69 Å². The Labute approximate surface area is 211 Å². The van der Waals surface area contributed by atoms with Gasteiger partial charge in [-0.15, -0.1) is 5.10 Å². The summed E-state index contributed by atoms with van der Waals surface area (Å²) in [5.41, 5.74) is 3.91. The summed E-state index contributed by atoms with van der Waals surface area (Å²) in [5, 5.41) is 13.8. The number of tetrazole rings is 1. The first-order valence-electron chi connectivity index (χ1n) is 12.9. The first-order chi connectivity index (χ1) is 17.6. The molecule has 1 fully saturated rings. The van der Waals surface area contributed by atoms with E-state index in [4.69, 9.17) is 4.74 Å². The minimum absolute atomic E-state index is 0.0346. The number of hydrogen-bond acceptors (Lipinski definition) is 6. The molecule has 36 heavy (non-hydrogen) atoms. The Bertz CT molecular complexity index is 1340. The molecule has 0 aliphatic carbocycles. The molecule has 0 bridgehead atoms. The zero-order valence-corrected chi connectivity index (χ0v) is 21.1. The van der Waals surface area contributed by atoms with Gasteiger partial charge in [-0.25, -0.2) is 4.68 Å². The maximum Gasteiger partial charge on any atom is 0.252 e. The number of H-pyrrole nitrogens is 1. The molecule has 0 amide bonds. The van der Waals surface area contributed by atoms with Crippen molar-refractivity contribution in [3.8, 4) is 0 Å². The predicted octanol–water partition coefficient (Wildman–Crippen LogP) is 4.20. The molecule has 3 heterocycles. The number of ether oxygens (including phenoxy) is 1. The van der Waals surface area contributed by atoms with Gasteiger partial charge < -0.3 is 9.72 Å². The topological polar surface area (TPSA) is 88.9 Å². The van der Waals surface area contributed by atoms with Gasteiger partial charge >= 0.3 is 0 Å². The van der Waals surface area contributed by atoms with Crippen LogP contribution in [0.15, 0.2) is 59.4 Å². The Kier molecular flexibility index (Phi) is 7.53. The van der Waals surface area contributed by atoms with Crippen molar-refractivity contribution in [2.75, 3.05) is 13.2 Å². The highest BCUT2D eigenvalue weighted by atomic mass is 16.5. The number of nitrogens with one attached hydrogen (secondary N) is 1. The molecule has 1 aliphatic heterocycles. The highest BCUT2D eigenvalue weighted by Gasteiger charge is 2.29. The van der Waals surface area contributed by atoms with Crippen LogP contribution in [-0.4, -0.2) is 49.3 Å². The van der Waals surface area contributed by atoms with Gasteiger partial charge in [-0.1, -0.05) is 55.5 Å². The largest absolute Gasteiger partial charge is 0.377 e. The highest BCUT2D eigenvalue weighted by molar-refractivity contribution is 5.81. The van der Waals surface area contributed by atoms with Crippen molar-refractivity contribution in [3.63, 3.8) is 0 Å². The second-order valence-electron chi connectivity index (χ2n) is 9.65. The third-order valence-electron chi connectivity index (χ3n) is 7.14. The summed E-state index contributed by atoms with van der Waals surface area (Å²) in [6.45, 7) is 6.90. The Balaban J connectivity index is 1.44. The molecular formula is C28H34N6O2. The second kappa shape index (κ2) is 11.1. The van der Waals surface area contributed by atoms with Gasteiger partial charge in [0.05, 0.1) is 17.7 Å². The van der Waals surface area contributed by atoms with Crippen LogP contribution in [0, 0.1) is 6.92 Å². The lowest BCUT2D eigenvalue weighted by molar-refractivity contribution is 0.0488. The molecule has 0 spiro atoms. The molecule has 0 radical (unpaired) electrons. The SMILES string of the molecule is CC[C@H](c1nnnn1CCc1ccccc1)N(Cc1cc2cccc(C)c2[nH]c1=O)C[C@@H]1CCCO1. The number of nitrogens with zero attached hydrogens (tertiary/aromatic N) is 5. The van der Waals surface area contributed by atoms with Crippen molar-refractivity contribution in [2.45, 2.75) is 64.8 Å². The number of pyridine rings is 1. The first kappa shape index (κ1) is 24.3. The van der Waals surface area contributed by atoms with Gasteiger partial charge in [0.1, 0.15) is 0 Å². The molecule has 5 rings (SSSR count). The summed E-state index contributed by atoms with van der Waals surface area (Å²) in [6, 6.07) is 18.5. The van der Waals surface area contributed by atoms with Crippen molar-refractivity contribution >= 4 is 10.9 Å². The summed E-state index contributed by atoms with van der Waals surface area (Å²) in [7, 11) is 0. The summed E-state index contributed by atoms with van der Waals surface area (Å²) < 4.78 is 7.91. The molecule has 0 unspecified atom stereocenters. The van der Waals surface area contributed by atoms with E-state index >= 15 is 0 Å². The maximum absolute atomic E-state index is 13.1. The summed E-state index contributed by atoms with van der Waals surface area (Å²) in [6.07, 6.45) is 3.92. The number of fused-ring (bicyclic) bond motifs is 1. The van der Waals surface area contributed by atoms with Crippen LogP contribution in [0.5, 0.6) is 0 Å². The quantitative estimate of drug-likeness (QED) is 0.361. The van der Waals surface area contributed by atoms with Crippen molar-refractivity contribution in [2.24, 2.45) is 0 Å². The lowest BCUT2D eigenvalue weighted by atomic mass is 10.1. The van der Waals surface area contributed by atoms with Crippen LogP contribution in [0.1, 0.15) is 54.7 Å². The molecular weight excluding hydrogens is 452 g/mol. The normalized spacial score (nSPS) is 16.7. The number of rotatable bonds is 10. The number of aryl methyl sites for hydroxylation is 3. The minimum atomic E-state index is -0.0485. The van der Waals surface area contributed by atoms with E-state index in [0.717, 1.165) is 66.7 Å². The molecule has 2 aromatic carbocycles. The number of aromatic nitrogens is 5. The zero-order chi connectivity index (χ0) is 24.9. The molecule has 1 saturated heterocycles. The van der Waals surface area contributed by atoms with Crippen molar-refractivity contribution in [3.05, 3.63) is 87.5 Å². The fraction of sp³-hybridized carbons (Fsp3) is 0.429. The van der Waals surface area contributed by atoms with E-state index in [1.54, 1.807) is 0 Å². The Morgan fingerprint density at radius 2 is 2.06 bits per heavy atom. The summed E-state index contributed by atoms with van der Waals surface area (Å²) in [4.78, 5) is 18.6. The number of benzene rings is 2. The van der Waals surface area contributed by atoms with Gasteiger partial charge in [0.15, 0.2) is 5.82 Å². The van der Waals surface area contributed by atoms with Crippen molar-refractivity contribution in [1.29, 1.82) is 0 Å². The number of aromatic amines is 1. The van der Waals surface area contributed by atoms with Crippen LogP contribution in [-0.2, 0) is 24.2 Å². The number of para-hydroxylation sites is 1. The molecule has 2 atom stereocenters. The third-order valence-corrected chi connectivity index (χ3v) is 7.14. The van der Waals surface area contributed by atoms with Crippen LogP contribution >= 0.6 is 0 Å². The van der Waals surface area contributed by atoms with E-state index in [0.29, 0.717) is 13.1 Å². The molecule has 8 nitrogen and oxygen atoms in total. The summed E-state index contributed by atoms with van der Waals surface area (Å²) >= 11 is 0. The maximum atomic E-state index is 13.1. The fourth-order valence-electron chi connectivity index (χ4n) is 5.21. The molecule has 1 N–H and O–H groups in total. The standard InChI is InChI=1S/C28H34N6O2/c1-3-25(27-30-31-32-34(27)15-14-21-10-5-4-6-11-21)33(19-24-13-8-16-36-24)18-23-17-22-12-7-9-20(2)26(22)29-28(23)35/h4-7,9-12,17,24-25H,3,8,13-16,18-19H2,1-2H3,(H,29,35)/t24-,25+/m0/s1. The van der Waals surface area contributed by atoms with E-state index in [-0.39, 0.29) is 17.7 Å².